The number of hydrogen-bond acceptors (Lipinski definition) is 4. The zero-order valence-corrected chi connectivity index (χ0v) is 14.5. The van der Waals surface area contributed by atoms with Crippen molar-refractivity contribution in [3.05, 3.63) is 24.2 Å². The molecule has 1 aromatic heterocycles. The molecule has 1 aliphatic rings. The van der Waals surface area contributed by atoms with Gasteiger partial charge in [-0.2, -0.15) is 0 Å². The summed E-state index contributed by atoms with van der Waals surface area (Å²) < 4.78 is 28.0. The third-order valence-electron chi connectivity index (χ3n) is 3.04. The van der Waals surface area contributed by atoms with Gasteiger partial charge in [0, 0.05) is 26.1 Å². The third kappa shape index (κ3) is 5.31. The summed E-state index contributed by atoms with van der Waals surface area (Å²) in [5.41, 5.74) is 0. The standard InChI is InChI=1S/C12H19N3O3S.HI/c1-13-12(14-6-4-11-3-2-7-18-11)15-10-5-8-19(16,17)9-10;/h2-3,7,10H,4-6,8-9H2,1H3,(H2,13,14,15);1H. The number of guanidine groups is 1. The van der Waals surface area contributed by atoms with Crippen LogP contribution in [0.25, 0.3) is 0 Å². The summed E-state index contributed by atoms with van der Waals surface area (Å²) in [6.45, 7) is 0.687. The van der Waals surface area contributed by atoms with Gasteiger partial charge in [-0.15, -0.1) is 24.0 Å². The molecule has 0 spiro atoms. The van der Waals surface area contributed by atoms with Crippen molar-refractivity contribution < 1.29 is 12.8 Å². The van der Waals surface area contributed by atoms with Gasteiger partial charge >= 0.3 is 0 Å². The van der Waals surface area contributed by atoms with Crippen LogP contribution >= 0.6 is 24.0 Å². The number of aliphatic imine (C=N–C) groups is 1. The highest BCUT2D eigenvalue weighted by Crippen LogP contribution is 2.10. The molecular weight excluding hydrogens is 393 g/mol. The molecule has 20 heavy (non-hydrogen) atoms. The van der Waals surface area contributed by atoms with Crippen LogP contribution in [0, 0.1) is 0 Å². The minimum atomic E-state index is -2.87. The normalized spacial score (nSPS) is 21.2. The zero-order chi connectivity index (χ0) is 13.7. The minimum absolute atomic E-state index is 0. The molecule has 2 heterocycles. The van der Waals surface area contributed by atoms with Gasteiger partial charge in [0.1, 0.15) is 5.76 Å². The molecule has 8 heteroatoms. The van der Waals surface area contributed by atoms with Gasteiger partial charge in [-0.3, -0.25) is 4.99 Å². The Morgan fingerprint density at radius 3 is 2.90 bits per heavy atom. The molecule has 1 saturated heterocycles. The van der Waals surface area contributed by atoms with E-state index in [1.807, 2.05) is 12.1 Å². The number of halogens is 1. The maximum Gasteiger partial charge on any atom is 0.191 e. The van der Waals surface area contributed by atoms with E-state index >= 15 is 0 Å². The summed E-state index contributed by atoms with van der Waals surface area (Å²) in [6.07, 6.45) is 3.05. The molecule has 1 aromatic rings. The predicted molar refractivity (Wildman–Crippen MR) is 89.4 cm³/mol. The molecule has 0 bridgehead atoms. The van der Waals surface area contributed by atoms with Crippen LogP contribution in [0.4, 0.5) is 0 Å². The van der Waals surface area contributed by atoms with Crippen molar-refractivity contribution in [1.82, 2.24) is 10.6 Å². The third-order valence-corrected chi connectivity index (χ3v) is 4.81. The second kappa shape index (κ2) is 7.87. The fraction of sp³-hybridized carbons (Fsp3) is 0.583. The lowest BCUT2D eigenvalue weighted by molar-refractivity contribution is 0.506. The van der Waals surface area contributed by atoms with Crippen LogP contribution in [0.3, 0.4) is 0 Å². The molecule has 2 rings (SSSR count). The molecule has 1 fully saturated rings. The van der Waals surface area contributed by atoms with Crippen molar-refractivity contribution in [3.63, 3.8) is 0 Å². The Balaban J connectivity index is 0.00000200. The summed E-state index contributed by atoms with van der Waals surface area (Å²) in [7, 11) is -1.19. The Bertz CT molecular complexity index is 528. The summed E-state index contributed by atoms with van der Waals surface area (Å²) >= 11 is 0. The molecular formula is C12H20IN3O3S. The Morgan fingerprint density at radius 2 is 2.35 bits per heavy atom. The van der Waals surface area contributed by atoms with Gasteiger partial charge in [0.05, 0.1) is 17.8 Å². The van der Waals surface area contributed by atoms with Gasteiger partial charge in [-0.1, -0.05) is 0 Å². The first-order valence-electron chi connectivity index (χ1n) is 6.29. The van der Waals surface area contributed by atoms with E-state index < -0.39 is 9.84 Å². The topological polar surface area (TPSA) is 83.7 Å². The van der Waals surface area contributed by atoms with Crippen molar-refractivity contribution in [2.75, 3.05) is 25.1 Å². The van der Waals surface area contributed by atoms with Crippen LogP contribution in [0.2, 0.25) is 0 Å². The van der Waals surface area contributed by atoms with Gasteiger partial charge in [0.2, 0.25) is 0 Å². The van der Waals surface area contributed by atoms with E-state index in [1.165, 1.54) is 0 Å². The van der Waals surface area contributed by atoms with Gasteiger partial charge in [0.15, 0.2) is 15.8 Å². The lowest BCUT2D eigenvalue weighted by Gasteiger charge is -2.15. The highest BCUT2D eigenvalue weighted by Gasteiger charge is 2.28. The average molecular weight is 413 g/mol. The van der Waals surface area contributed by atoms with Crippen molar-refractivity contribution >= 4 is 39.8 Å². The number of furan rings is 1. The quantitative estimate of drug-likeness (QED) is 0.433. The Kier molecular flexibility index (Phi) is 6.80. The summed E-state index contributed by atoms with van der Waals surface area (Å²) in [6, 6.07) is 3.73. The second-order valence-electron chi connectivity index (χ2n) is 4.57. The molecule has 0 aromatic carbocycles. The van der Waals surface area contributed by atoms with Crippen molar-refractivity contribution in [2.45, 2.75) is 18.9 Å². The molecule has 0 aliphatic carbocycles. The van der Waals surface area contributed by atoms with Crippen molar-refractivity contribution in [2.24, 2.45) is 4.99 Å². The Morgan fingerprint density at radius 1 is 1.55 bits per heavy atom. The van der Waals surface area contributed by atoms with E-state index in [0.29, 0.717) is 18.9 Å². The van der Waals surface area contributed by atoms with Gasteiger partial charge in [-0.25, -0.2) is 8.42 Å². The molecule has 2 N–H and O–H groups in total. The first kappa shape index (κ1) is 17.3. The van der Waals surface area contributed by atoms with Crippen LogP contribution in [-0.4, -0.2) is 45.5 Å². The fourth-order valence-corrected chi connectivity index (χ4v) is 3.73. The van der Waals surface area contributed by atoms with Crippen molar-refractivity contribution in [1.29, 1.82) is 0 Å². The minimum Gasteiger partial charge on any atom is -0.469 e. The second-order valence-corrected chi connectivity index (χ2v) is 6.80. The fourth-order valence-electron chi connectivity index (χ4n) is 2.06. The van der Waals surface area contributed by atoms with Gasteiger partial charge < -0.3 is 15.1 Å². The highest BCUT2D eigenvalue weighted by atomic mass is 127. The van der Waals surface area contributed by atoms with E-state index in [9.17, 15) is 8.42 Å². The maximum atomic E-state index is 11.4. The molecule has 6 nitrogen and oxygen atoms in total. The molecule has 1 aliphatic heterocycles. The van der Waals surface area contributed by atoms with Crippen molar-refractivity contribution in [3.8, 4) is 0 Å². The largest absolute Gasteiger partial charge is 0.469 e. The number of nitrogens with zero attached hydrogens (tertiary/aromatic N) is 1. The molecule has 114 valence electrons. The van der Waals surface area contributed by atoms with E-state index in [2.05, 4.69) is 15.6 Å². The first-order valence-corrected chi connectivity index (χ1v) is 8.11. The monoisotopic (exact) mass is 413 g/mol. The van der Waals surface area contributed by atoms with E-state index in [0.717, 1.165) is 12.2 Å². The maximum absolute atomic E-state index is 11.4. The number of sulfone groups is 1. The van der Waals surface area contributed by atoms with Gasteiger partial charge in [-0.05, 0) is 18.6 Å². The highest BCUT2D eigenvalue weighted by molar-refractivity contribution is 14.0. The number of hydrogen-bond donors (Lipinski definition) is 2. The van der Waals surface area contributed by atoms with E-state index in [4.69, 9.17) is 4.42 Å². The van der Waals surface area contributed by atoms with Crippen LogP contribution in [-0.2, 0) is 16.3 Å². The lowest BCUT2D eigenvalue weighted by atomic mass is 10.3. The first-order chi connectivity index (χ1) is 9.09. The van der Waals surface area contributed by atoms with Crippen LogP contribution in [0.5, 0.6) is 0 Å². The Hall–Kier alpha value is -0.770. The smallest absolute Gasteiger partial charge is 0.191 e. The van der Waals surface area contributed by atoms with E-state index in [-0.39, 0.29) is 41.5 Å². The zero-order valence-electron chi connectivity index (χ0n) is 11.3. The summed E-state index contributed by atoms with van der Waals surface area (Å²) in [5, 5.41) is 6.28. The Labute approximate surface area is 136 Å². The average Bonchev–Trinajstić information content (AvgIpc) is 2.98. The molecule has 0 radical (unpaired) electrons. The van der Waals surface area contributed by atoms with E-state index in [1.54, 1.807) is 13.3 Å². The van der Waals surface area contributed by atoms with Crippen LogP contribution < -0.4 is 10.6 Å². The molecule has 1 unspecified atom stereocenters. The van der Waals surface area contributed by atoms with Gasteiger partial charge in [0.25, 0.3) is 0 Å². The SMILES string of the molecule is CN=C(NCCc1ccco1)NC1CCS(=O)(=O)C1.I. The number of nitrogens with one attached hydrogen (secondary N) is 2. The molecule has 0 amide bonds. The predicted octanol–water partition coefficient (Wildman–Crippen LogP) is 0.792. The number of rotatable bonds is 4. The van der Waals surface area contributed by atoms with Crippen LogP contribution in [0.15, 0.2) is 27.8 Å². The lowest BCUT2D eigenvalue weighted by Crippen LogP contribution is -2.44. The summed E-state index contributed by atoms with van der Waals surface area (Å²) in [5.74, 6) is 1.99. The molecule has 1 atom stereocenters. The molecule has 0 saturated carbocycles. The summed E-state index contributed by atoms with van der Waals surface area (Å²) in [4.78, 5) is 4.09. The van der Waals surface area contributed by atoms with Crippen LogP contribution in [0.1, 0.15) is 12.2 Å².